The lowest BCUT2D eigenvalue weighted by Crippen LogP contribution is -2.23. The van der Waals surface area contributed by atoms with Crippen molar-refractivity contribution in [2.45, 2.75) is 57.4 Å². The number of alkyl halides is 1. The van der Waals surface area contributed by atoms with Crippen molar-refractivity contribution in [3.8, 4) is 0 Å². The molecule has 0 radical (unpaired) electrons. The van der Waals surface area contributed by atoms with Gasteiger partial charge in [0.25, 0.3) is 0 Å². The Kier molecular flexibility index (Phi) is 3.45. The van der Waals surface area contributed by atoms with Crippen LogP contribution in [-0.2, 0) is 4.74 Å². The normalized spacial score (nSPS) is 22.8. The molecule has 0 aliphatic heterocycles. The largest absolute Gasteiger partial charge is 0.376 e. The van der Waals surface area contributed by atoms with Gasteiger partial charge in [0.15, 0.2) is 0 Å². The summed E-state index contributed by atoms with van der Waals surface area (Å²) in [6.07, 6.45) is 3.94. The molecular formula is C11H21BrO. The van der Waals surface area contributed by atoms with Gasteiger partial charge in [-0.15, -0.1) is 0 Å². The van der Waals surface area contributed by atoms with Gasteiger partial charge in [0.1, 0.15) is 0 Å². The molecule has 0 amide bonds. The van der Waals surface area contributed by atoms with Gasteiger partial charge in [-0.25, -0.2) is 0 Å². The zero-order chi connectivity index (χ0) is 10.1. The Balaban J connectivity index is 2.20. The van der Waals surface area contributed by atoms with Crippen LogP contribution in [-0.4, -0.2) is 17.0 Å². The van der Waals surface area contributed by atoms with E-state index in [0.29, 0.717) is 10.2 Å². The summed E-state index contributed by atoms with van der Waals surface area (Å²) in [5, 5.41) is 0. The molecule has 1 unspecified atom stereocenters. The first kappa shape index (κ1) is 11.5. The van der Waals surface area contributed by atoms with Crippen LogP contribution in [0.1, 0.15) is 47.0 Å². The lowest BCUT2D eigenvalue weighted by atomic mass is 10.00. The van der Waals surface area contributed by atoms with E-state index in [1.807, 2.05) is 0 Å². The summed E-state index contributed by atoms with van der Waals surface area (Å²) >= 11 is 3.68. The van der Waals surface area contributed by atoms with E-state index >= 15 is 0 Å². The molecule has 0 aromatic carbocycles. The Hall–Kier alpha value is 0.440. The molecule has 1 fully saturated rings. The van der Waals surface area contributed by atoms with Crippen molar-refractivity contribution in [3.63, 3.8) is 0 Å². The predicted molar refractivity (Wildman–Crippen MR) is 60.4 cm³/mol. The van der Waals surface area contributed by atoms with E-state index in [-0.39, 0.29) is 5.60 Å². The smallest absolute Gasteiger partial charge is 0.0598 e. The van der Waals surface area contributed by atoms with Gasteiger partial charge in [-0.2, -0.15) is 0 Å². The average molecular weight is 249 g/mol. The van der Waals surface area contributed by atoms with Crippen LogP contribution in [0.4, 0.5) is 0 Å². The third kappa shape index (κ3) is 3.59. The number of hydrogen-bond acceptors (Lipinski definition) is 1. The molecule has 0 aromatic heterocycles. The molecule has 0 N–H and O–H groups in total. The van der Waals surface area contributed by atoms with Gasteiger partial charge in [0, 0.05) is 11.4 Å². The predicted octanol–water partition coefficient (Wildman–Crippen LogP) is 3.76. The Labute approximate surface area is 90.4 Å². The van der Waals surface area contributed by atoms with E-state index in [2.05, 4.69) is 43.6 Å². The Morgan fingerprint density at radius 2 is 1.92 bits per heavy atom. The highest BCUT2D eigenvalue weighted by atomic mass is 79.9. The molecule has 1 nitrogen and oxygen atoms in total. The van der Waals surface area contributed by atoms with Crippen molar-refractivity contribution in [1.29, 1.82) is 0 Å². The van der Waals surface area contributed by atoms with Crippen LogP contribution in [0.25, 0.3) is 0 Å². The molecule has 0 bridgehead atoms. The van der Waals surface area contributed by atoms with E-state index in [0.717, 1.165) is 6.61 Å². The summed E-state index contributed by atoms with van der Waals surface area (Å²) in [4.78, 5) is 0.642. The second-order valence-corrected chi connectivity index (χ2v) is 6.56. The molecule has 1 atom stereocenters. The maximum atomic E-state index is 5.73. The van der Waals surface area contributed by atoms with E-state index in [1.165, 1.54) is 19.3 Å². The van der Waals surface area contributed by atoms with Gasteiger partial charge in [0.05, 0.1) is 5.60 Å². The third-order valence-electron chi connectivity index (χ3n) is 2.87. The molecule has 2 heteroatoms. The van der Waals surface area contributed by atoms with Crippen LogP contribution >= 0.6 is 15.9 Å². The summed E-state index contributed by atoms with van der Waals surface area (Å²) in [6.45, 7) is 9.50. The van der Waals surface area contributed by atoms with Gasteiger partial charge in [0.2, 0.25) is 0 Å². The minimum atomic E-state index is 0.0195. The third-order valence-corrected chi connectivity index (χ3v) is 3.84. The summed E-state index contributed by atoms with van der Waals surface area (Å²) in [5.41, 5.74) is 0.580. The van der Waals surface area contributed by atoms with Gasteiger partial charge >= 0.3 is 0 Å². The first-order valence-corrected chi connectivity index (χ1v) is 6.05. The zero-order valence-corrected chi connectivity index (χ0v) is 10.8. The van der Waals surface area contributed by atoms with E-state index < -0.39 is 0 Å². The van der Waals surface area contributed by atoms with Crippen molar-refractivity contribution in [3.05, 3.63) is 0 Å². The highest BCUT2D eigenvalue weighted by molar-refractivity contribution is 9.09. The van der Waals surface area contributed by atoms with E-state index in [9.17, 15) is 0 Å². The minimum Gasteiger partial charge on any atom is -0.376 e. The average Bonchev–Trinajstić information content (AvgIpc) is 2.65. The van der Waals surface area contributed by atoms with Crippen LogP contribution in [0.5, 0.6) is 0 Å². The zero-order valence-electron chi connectivity index (χ0n) is 9.19. The number of hydrogen-bond donors (Lipinski definition) is 0. The van der Waals surface area contributed by atoms with E-state index in [4.69, 9.17) is 4.74 Å². The fraction of sp³-hybridized carbons (Fsp3) is 1.00. The molecule has 13 heavy (non-hydrogen) atoms. The van der Waals surface area contributed by atoms with Crippen molar-refractivity contribution < 1.29 is 4.74 Å². The summed E-state index contributed by atoms with van der Waals surface area (Å²) in [6, 6.07) is 0. The van der Waals surface area contributed by atoms with Crippen molar-refractivity contribution >= 4 is 15.9 Å². The molecule has 78 valence electrons. The van der Waals surface area contributed by atoms with Crippen LogP contribution in [0.15, 0.2) is 0 Å². The number of ether oxygens (including phenoxy) is 1. The minimum absolute atomic E-state index is 0.0195. The number of halogens is 1. The summed E-state index contributed by atoms with van der Waals surface area (Å²) in [5.74, 6) is 0. The van der Waals surface area contributed by atoms with Crippen LogP contribution in [0.2, 0.25) is 0 Å². The molecule has 0 aromatic rings. The first-order valence-electron chi connectivity index (χ1n) is 5.14. The fourth-order valence-corrected chi connectivity index (χ4v) is 2.25. The van der Waals surface area contributed by atoms with Crippen LogP contribution in [0.3, 0.4) is 0 Å². The van der Waals surface area contributed by atoms with Gasteiger partial charge in [-0.05, 0) is 45.4 Å². The SMILES string of the molecule is CC(Br)C1(CCOC(C)(C)C)CC1. The lowest BCUT2D eigenvalue weighted by molar-refractivity contribution is -0.0106. The highest BCUT2D eigenvalue weighted by Crippen LogP contribution is 2.54. The van der Waals surface area contributed by atoms with Crippen LogP contribution in [0, 0.1) is 5.41 Å². The highest BCUT2D eigenvalue weighted by Gasteiger charge is 2.45. The summed E-state index contributed by atoms with van der Waals surface area (Å²) in [7, 11) is 0. The quantitative estimate of drug-likeness (QED) is 0.689. The van der Waals surface area contributed by atoms with Crippen LogP contribution < -0.4 is 0 Å². The van der Waals surface area contributed by atoms with Crippen molar-refractivity contribution in [1.82, 2.24) is 0 Å². The maximum absolute atomic E-state index is 5.73. The molecule has 0 saturated heterocycles. The molecular weight excluding hydrogens is 228 g/mol. The second-order valence-electron chi connectivity index (χ2n) is 5.19. The molecule has 0 spiro atoms. The van der Waals surface area contributed by atoms with Crippen molar-refractivity contribution in [2.24, 2.45) is 5.41 Å². The van der Waals surface area contributed by atoms with Gasteiger partial charge in [-0.1, -0.05) is 22.9 Å². The lowest BCUT2D eigenvalue weighted by Gasteiger charge is -2.23. The second kappa shape index (κ2) is 3.90. The molecule has 1 saturated carbocycles. The molecule has 1 rings (SSSR count). The molecule has 0 heterocycles. The Bertz CT molecular complexity index is 165. The van der Waals surface area contributed by atoms with E-state index in [1.54, 1.807) is 0 Å². The maximum Gasteiger partial charge on any atom is 0.0598 e. The fourth-order valence-electron chi connectivity index (χ4n) is 1.57. The Morgan fingerprint density at radius 1 is 1.38 bits per heavy atom. The monoisotopic (exact) mass is 248 g/mol. The van der Waals surface area contributed by atoms with Crippen molar-refractivity contribution in [2.75, 3.05) is 6.61 Å². The van der Waals surface area contributed by atoms with Gasteiger partial charge in [-0.3, -0.25) is 0 Å². The topological polar surface area (TPSA) is 9.23 Å². The van der Waals surface area contributed by atoms with Gasteiger partial charge < -0.3 is 4.74 Å². The standard InChI is InChI=1S/C11H21BrO/c1-9(12)11(5-6-11)7-8-13-10(2,3)4/h9H,5-8H2,1-4H3. The number of rotatable bonds is 4. The Morgan fingerprint density at radius 3 is 2.23 bits per heavy atom. The molecule has 1 aliphatic rings. The summed E-state index contributed by atoms with van der Waals surface area (Å²) < 4.78 is 5.73. The first-order chi connectivity index (χ1) is 5.86. The molecule has 1 aliphatic carbocycles.